The molecular weight excluding hydrogens is 261 g/mol. The Morgan fingerprint density at radius 1 is 1.47 bits per heavy atom. The van der Waals surface area contributed by atoms with Crippen molar-refractivity contribution in [2.24, 2.45) is 0 Å². The van der Waals surface area contributed by atoms with E-state index >= 15 is 0 Å². The van der Waals surface area contributed by atoms with Crippen LogP contribution in [0, 0.1) is 0 Å². The summed E-state index contributed by atoms with van der Waals surface area (Å²) < 4.78 is 5.26. The maximum absolute atomic E-state index is 11.3. The number of rotatable bonds is 6. The molecule has 0 aliphatic carbocycles. The zero-order chi connectivity index (χ0) is 12.7. The summed E-state index contributed by atoms with van der Waals surface area (Å²) in [5, 5.41) is 3.61. The standard InChI is InChI=1S/C12H13Cl2NO2/c1-2-3-6-15-12(16)8-17-11-7-9(13)4-5-10(11)14/h2,4-5,7H,1,3,6,8H2,(H,15,16). The molecule has 0 saturated carbocycles. The zero-order valence-electron chi connectivity index (χ0n) is 9.21. The maximum atomic E-state index is 11.3. The van der Waals surface area contributed by atoms with E-state index in [1.165, 1.54) is 0 Å². The molecule has 1 N–H and O–H groups in total. The first-order chi connectivity index (χ1) is 8.13. The van der Waals surface area contributed by atoms with Crippen LogP contribution in [-0.4, -0.2) is 19.1 Å². The highest BCUT2D eigenvalue weighted by Crippen LogP contribution is 2.27. The van der Waals surface area contributed by atoms with Crippen molar-refractivity contribution < 1.29 is 9.53 Å². The summed E-state index contributed by atoms with van der Waals surface area (Å²) in [5.41, 5.74) is 0. The molecule has 1 amide bonds. The van der Waals surface area contributed by atoms with Crippen LogP contribution >= 0.6 is 23.2 Å². The van der Waals surface area contributed by atoms with E-state index in [0.717, 1.165) is 6.42 Å². The average Bonchev–Trinajstić information content (AvgIpc) is 2.31. The van der Waals surface area contributed by atoms with Gasteiger partial charge in [0.2, 0.25) is 0 Å². The Bertz CT molecular complexity index is 407. The van der Waals surface area contributed by atoms with Crippen molar-refractivity contribution in [3.63, 3.8) is 0 Å². The first-order valence-electron chi connectivity index (χ1n) is 5.09. The van der Waals surface area contributed by atoms with E-state index < -0.39 is 0 Å². The number of benzene rings is 1. The molecule has 17 heavy (non-hydrogen) atoms. The third-order valence-electron chi connectivity index (χ3n) is 1.92. The molecule has 0 fully saturated rings. The fraction of sp³-hybridized carbons (Fsp3) is 0.250. The van der Waals surface area contributed by atoms with E-state index in [1.807, 2.05) is 0 Å². The molecule has 0 bridgehead atoms. The van der Waals surface area contributed by atoms with Crippen LogP contribution in [0.5, 0.6) is 5.75 Å². The number of amides is 1. The second kappa shape index (κ2) is 7.20. The summed E-state index contributed by atoms with van der Waals surface area (Å²) in [7, 11) is 0. The van der Waals surface area contributed by atoms with Gasteiger partial charge < -0.3 is 10.1 Å². The van der Waals surface area contributed by atoms with Crippen molar-refractivity contribution in [2.75, 3.05) is 13.2 Å². The van der Waals surface area contributed by atoms with Crippen molar-refractivity contribution in [1.82, 2.24) is 5.32 Å². The summed E-state index contributed by atoms with van der Waals surface area (Å²) >= 11 is 11.7. The molecule has 0 radical (unpaired) electrons. The van der Waals surface area contributed by atoms with Gasteiger partial charge in [-0.05, 0) is 18.6 Å². The van der Waals surface area contributed by atoms with Crippen molar-refractivity contribution in [3.8, 4) is 5.75 Å². The van der Waals surface area contributed by atoms with Crippen LogP contribution in [0.3, 0.4) is 0 Å². The van der Waals surface area contributed by atoms with Gasteiger partial charge in [0.05, 0.1) is 5.02 Å². The van der Waals surface area contributed by atoms with Gasteiger partial charge >= 0.3 is 0 Å². The molecule has 3 nitrogen and oxygen atoms in total. The van der Waals surface area contributed by atoms with Gasteiger partial charge in [-0.2, -0.15) is 0 Å². The number of ether oxygens (including phenoxy) is 1. The van der Waals surface area contributed by atoms with E-state index in [1.54, 1.807) is 24.3 Å². The average molecular weight is 274 g/mol. The minimum atomic E-state index is -0.206. The minimum Gasteiger partial charge on any atom is -0.482 e. The molecule has 0 aliphatic rings. The summed E-state index contributed by atoms with van der Waals surface area (Å²) in [5.74, 6) is 0.195. The van der Waals surface area contributed by atoms with Crippen LogP contribution in [0.25, 0.3) is 0 Å². The number of carbonyl (C=O) groups excluding carboxylic acids is 1. The number of nitrogens with one attached hydrogen (secondary N) is 1. The van der Waals surface area contributed by atoms with Gasteiger partial charge in [-0.3, -0.25) is 4.79 Å². The SMILES string of the molecule is C=CCCNC(=O)COc1cc(Cl)ccc1Cl. The zero-order valence-corrected chi connectivity index (χ0v) is 10.7. The molecular formula is C12H13Cl2NO2. The number of halogens is 2. The van der Waals surface area contributed by atoms with Crippen LogP contribution in [0.15, 0.2) is 30.9 Å². The molecule has 0 spiro atoms. The van der Waals surface area contributed by atoms with Gasteiger partial charge in [-0.1, -0.05) is 29.3 Å². The normalized spacial score (nSPS) is 9.76. The molecule has 1 aromatic carbocycles. The first-order valence-corrected chi connectivity index (χ1v) is 5.84. The molecule has 0 unspecified atom stereocenters. The lowest BCUT2D eigenvalue weighted by Gasteiger charge is -2.08. The van der Waals surface area contributed by atoms with Gasteiger partial charge in [-0.25, -0.2) is 0 Å². The highest BCUT2D eigenvalue weighted by atomic mass is 35.5. The van der Waals surface area contributed by atoms with Crippen LogP contribution in [0.1, 0.15) is 6.42 Å². The van der Waals surface area contributed by atoms with Crippen LogP contribution < -0.4 is 10.1 Å². The second-order valence-electron chi connectivity index (χ2n) is 3.29. The summed E-state index contributed by atoms with van der Waals surface area (Å²) in [6, 6.07) is 4.84. The Morgan fingerprint density at radius 3 is 2.94 bits per heavy atom. The molecule has 1 aromatic rings. The largest absolute Gasteiger partial charge is 0.482 e. The fourth-order valence-corrected chi connectivity index (χ4v) is 1.43. The minimum absolute atomic E-state index is 0.0861. The number of carbonyl (C=O) groups is 1. The topological polar surface area (TPSA) is 38.3 Å². The third-order valence-corrected chi connectivity index (χ3v) is 2.47. The second-order valence-corrected chi connectivity index (χ2v) is 4.13. The lowest BCUT2D eigenvalue weighted by atomic mass is 10.3. The van der Waals surface area contributed by atoms with E-state index in [4.69, 9.17) is 27.9 Å². The fourth-order valence-electron chi connectivity index (χ4n) is 1.10. The number of hydrogen-bond donors (Lipinski definition) is 1. The Balaban J connectivity index is 2.41. The van der Waals surface area contributed by atoms with E-state index in [9.17, 15) is 4.79 Å². The first kappa shape index (κ1) is 13.9. The third kappa shape index (κ3) is 5.11. The van der Waals surface area contributed by atoms with Gasteiger partial charge in [0.25, 0.3) is 5.91 Å². The Kier molecular flexibility index (Phi) is 5.87. The van der Waals surface area contributed by atoms with Crippen LogP contribution in [0.4, 0.5) is 0 Å². The van der Waals surface area contributed by atoms with Crippen molar-refractivity contribution in [1.29, 1.82) is 0 Å². The molecule has 0 atom stereocenters. The lowest BCUT2D eigenvalue weighted by Crippen LogP contribution is -2.29. The summed E-state index contributed by atoms with van der Waals surface area (Å²) in [6.45, 7) is 4.02. The predicted molar refractivity (Wildman–Crippen MR) is 69.8 cm³/mol. The maximum Gasteiger partial charge on any atom is 0.257 e. The molecule has 0 saturated heterocycles. The predicted octanol–water partition coefficient (Wildman–Crippen LogP) is 3.06. The van der Waals surface area contributed by atoms with Gasteiger partial charge in [0.15, 0.2) is 6.61 Å². The molecule has 0 aromatic heterocycles. The van der Waals surface area contributed by atoms with Gasteiger partial charge in [0.1, 0.15) is 5.75 Å². The van der Waals surface area contributed by atoms with Crippen LogP contribution in [0.2, 0.25) is 10.0 Å². The van der Waals surface area contributed by atoms with Crippen molar-refractivity contribution >= 4 is 29.1 Å². The van der Waals surface area contributed by atoms with Gasteiger partial charge in [-0.15, -0.1) is 6.58 Å². The lowest BCUT2D eigenvalue weighted by molar-refractivity contribution is -0.123. The smallest absolute Gasteiger partial charge is 0.257 e. The quantitative estimate of drug-likeness (QED) is 0.639. The van der Waals surface area contributed by atoms with Crippen LogP contribution in [-0.2, 0) is 4.79 Å². The summed E-state index contributed by atoms with van der Waals surface area (Å²) in [6.07, 6.45) is 2.46. The molecule has 0 heterocycles. The highest BCUT2D eigenvalue weighted by Gasteiger charge is 2.05. The number of hydrogen-bond acceptors (Lipinski definition) is 2. The Morgan fingerprint density at radius 2 is 2.24 bits per heavy atom. The Labute approximate surface area is 110 Å². The van der Waals surface area contributed by atoms with Gasteiger partial charge in [0, 0.05) is 17.6 Å². The van der Waals surface area contributed by atoms with E-state index in [0.29, 0.717) is 22.3 Å². The molecule has 92 valence electrons. The summed E-state index contributed by atoms with van der Waals surface area (Å²) in [4.78, 5) is 11.3. The monoisotopic (exact) mass is 273 g/mol. The molecule has 1 rings (SSSR count). The van der Waals surface area contributed by atoms with E-state index in [2.05, 4.69) is 11.9 Å². The van der Waals surface area contributed by atoms with E-state index in [-0.39, 0.29) is 12.5 Å². The molecule has 5 heteroatoms. The highest BCUT2D eigenvalue weighted by molar-refractivity contribution is 6.34. The van der Waals surface area contributed by atoms with Crippen molar-refractivity contribution in [2.45, 2.75) is 6.42 Å². The van der Waals surface area contributed by atoms with Crippen molar-refractivity contribution in [3.05, 3.63) is 40.9 Å². The molecule has 0 aliphatic heterocycles. The Hall–Kier alpha value is -1.19.